The third kappa shape index (κ3) is 4.70. The van der Waals surface area contributed by atoms with Gasteiger partial charge in [0.2, 0.25) is 5.91 Å². The van der Waals surface area contributed by atoms with Crippen LogP contribution in [0.5, 0.6) is 0 Å². The number of benzene rings is 1. The van der Waals surface area contributed by atoms with Crippen LogP contribution in [0.4, 0.5) is 0 Å². The number of aromatic nitrogens is 2. The van der Waals surface area contributed by atoms with E-state index >= 15 is 0 Å². The third-order valence-corrected chi connectivity index (χ3v) is 5.07. The second-order valence-corrected chi connectivity index (χ2v) is 7.27. The molecule has 1 amide bonds. The van der Waals surface area contributed by atoms with Crippen molar-refractivity contribution in [1.82, 2.24) is 14.9 Å². The minimum atomic E-state index is -0.120. The molecule has 1 aromatic carbocycles. The molecule has 3 N–H and O–H groups in total. The summed E-state index contributed by atoms with van der Waals surface area (Å²) in [6.45, 7) is 6.29. The van der Waals surface area contributed by atoms with Gasteiger partial charge in [-0.2, -0.15) is 0 Å². The first kappa shape index (κ1) is 22.7. The van der Waals surface area contributed by atoms with Crippen LogP contribution >= 0.6 is 24.8 Å². The van der Waals surface area contributed by atoms with E-state index in [1.54, 1.807) is 0 Å². The Kier molecular flexibility index (Phi) is 8.38. The highest BCUT2D eigenvalue weighted by Crippen LogP contribution is 2.28. The lowest BCUT2D eigenvalue weighted by Gasteiger charge is -2.20. The zero-order valence-corrected chi connectivity index (χ0v) is 17.3. The SMILES string of the molecule is CC(NC(=O)C[C@@H]1CCC[C@H]1N)c1nc2ccccc2n1C(C)C.Cl.Cl. The molecule has 1 aliphatic rings. The van der Waals surface area contributed by atoms with Crippen LogP contribution in [0.25, 0.3) is 11.0 Å². The minimum Gasteiger partial charge on any atom is -0.346 e. The average Bonchev–Trinajstić information content (AvgIpc) is 3.11. The predicted octanol–water partition coefficient (Wildman–Crippen LogP) is 4.16. The van der Waals surface area contributed by atoms with E-state index < -0.39 is 0 Å². The van der Waals surface area contributed by atoms with E-state index in [0.29, 0.717) is 12.3 Å². The second kappa shape index (κ2) is 9.58. The summed E-state index contributed by atoms with van der Waals surface area (Å²) in [5.74, 6) is 1.31. The van der Waals surface area contributed by atoms with E-state index in [9.17, 15) is 4.79 Å². The highest BCUT2D eigenvalue weighted by molar-refractivity contribution is 5.85. The van der Waals surface area contributed by atoms with Crippen molar-refractivity contribution >= 4 is 41.8 Å². The van der Waals surface area contributed by atoms with Gasteiger partial charge in [0.15, 0.2) is 0 Å². The van der Waals surface area contributed by atoms with Crippen molar-refractivity contribution in [3.8, 4) is 0 Å². The zero-order chi connectivity index (χ0) is 17.3. The molecule has 3 rings (SSSR count). The fourth-order valence-electron chi connectivity index (χ4n) is 3.83. The smallest absolute Gasteiger partial charge is 0.220 e. The number of para-hydroxylation sites is 2. The van der Waals surface area contributed by atoms with Crippen LogP contribution in [0.2, 0.25) is 0 Å². The number of fused-ring (bicyclic) bond motifs is 1. The molecular weight excluding hydrogens is 371 g/mol. The first-order valence-corrected chi connectivity index (χ1v) is 8.99. The molecule has 0 spiro atoms. The van der Waals surface area contributed by atoms with Crippen LogP contribution in [0.15, 0.2) is 24.3 Å². The number of hydrogen-bond donors (Lipinski definition) is 2. The molecule has 146 valence electrons. The molecule has 1 aromatic heterocycles. The zero-order valence-electron chi connectivity index (χ0n) is 15.6. The Balaban J connectivity index is 0.00000169. The number of amides is 1. The van der Waals surface area contributed by atoms with E-state index in [1.807, 2.05) is 25.1 Å². The van der Waals surface area contributed by atoms with E-state index in [0.717, 1.165) is 36.1 Å². The van der Waals surface area contributed by atoms with Crippen LogP contribution in [0.1, 0.15) is 64.4 Å². The van der Waals surface area contributed by atoms with Crippen LogP contribution in [0, 0.1) is 5.92 Å². The van der Waals surface area contributed by atoms with E-state index in [-0.39, 0.29) is 48.8 Å². The van der Waals surface area contributed by atoms with Gasteiger partial charge in [-0.05, 0) is 51.7 Å². The maximum absolute atomic E-state index is 12.4. The van der Waals surface area contributed by atoms with Crippen molar-refractivity contribution in [2.24, 2.45) is 11.7 Å². The fraction of sp³-hybridized carbons (Fsp3) is 0.579. The number of nitrogens with two attached hydrogens (primary N) is 1. The van der Waals surface area contributed by atoms with Gasteiger partial charge in [0.1, 0.15) is 5.82 Å². The quantitative estimate of drug-likeness (QED) is 0.790. The van der Waals surface area contributed by atoms with Crippen molar-refractivity contribution < 1.29 is 4.79 Å². The summed E-state index contributed by atoms with van der Waals surface area (Å²) in [5, 5.41) is 3.12. The van der Waals surface area contributed by atoms with Crippen LogP contribution < -0.4 is 11.1 Å². The summed E-state index contributed by atoms with van der Waals surface area (Å²) in [6.07, 6.45) is 3.76. The molecule has 0 saturated heterocycles. The Morgan fingerprint density at radius 3 is 2.58 bits per heavy atom. The molecule has 0 radical (unpaired) electrons. The number of carbonyl (C=O) groups excluding carboxylic acids is 1. The Labute approximate surface area is 167 Å². The maximum atomic E-state index is 12.4. The van der Waals surface area contributed by atoms with Crippen LogP contribution in [-0.4, -0.2) is 21.5 Å². The summed E-state index contributed by atoms with van der Waals surface area (Å²) in [4.78, 5) is 17.2. The second-order valence-electron chi connectivity index (χ2n) is 7.27. The van der Waals surface area contributed by atoms with Crippen molar-refractivity contribution in [2.45, 2.75) is 64.6 Å². The third-order valence-electron chi connectivity index (χ3n) is 5.07. The largest absolute Gasteiger partial charge is 0.346 e. The maximum Gasteiger partial charge on any atom is 0.220 e. The van der Waals surface area contributed by atoms with Gasteiger partial charge in [0.25, 0.3) is 0 Å². The van der Waals surface area contributed by atoms with Gasteiger partial charge in [0, 0.05) is 18.5 Å². The number of imidazole rings is 1. The summed E-state index contributed by atoms with van der Waals surface area (Å²) in [6, 6.07) is 8.46. The van der Waals surface area contributed by atoms with Gasteiger partial charge in [-0.3, -0.25) is 4.79 Å². The number of nitrogens with one attached hydrogen (secondary N) is 1. The van der Waals surface area contributed by atoms with E-state index in [2.05, 4.69) is 29.8 Å². The Hall–Kier alpha value is -1.30. The minimum absolute atomic E-state index is 0. The summed E-state index contributed by atoms with van der Waals surface area (Å²) >= 11 is 0. The molecule has 0 aliphatic heterocycles. The number of hydrogen-bond acceptors (Lipinski definition) is 3. The number of rotatable bonds is 5. The molecule has 26 heavy (non-hydrogen) atoms. The fourth-order valence-corrected chi connectivity index (χ4v) is 3.83. The Morgan fingerprint density at radius 2 is 1.96 bits per heavy atom. The molecule has 1 heterocycles. The number of nitrogens with zero attached hydrogens (tertiary/aromatic N) is 2. The first-order valence-electron chi connectivity index (χ1n) is 8.99. The Morgan fingerprint density at radius 1 is 1.27 bits per heavy atom. The summed E-state index contributed by atoms with van der Waals surface area (Å²) in [5.41, 5.74) is 8.17. The lowest BCUT2D eigenvalue weighted by atomic mass is 10.00. The lowest BCUT2D eigenvalue weighted by Crippen LogP contribution is -2.33. The predicted molar refractivity (Wildman–Crippen MR) is 111 cm³/mol. The van der Waals surface area contributed by atoms with E-state index in [4.69, 9.17) is 10.7 Å². The highest BCUT2D eigenvalue weighted by atomic mass is 35.5. The molecule has 1 aliphatic carbocycles. The molecule has 7 heteroatoms. The molecule has 1 fully saturated rings. The van der Waals surface area contributed by atoms with Gasteiger partial charge >= 0.3 is 0 Å². The standard InChI is InChI=1S/C19H28N4O.2ClH/c1-12(2)23-17-10-5-4-9-16(17)22-19(23)13(3)21-18(24)11-14-7-6-8-15(14)20;;/h4-5,9-10,12-15H,6-8,11,20H2,1-3H3,(H,21,24);2*1H/t13?,14-,15+;;/m0../s1. The molecule has 2 aromatic rings. The van der Waals surface area contributed by atoms with Gasteiger partial charge in [-0.1, -0.05) is 18.6 Å². The number of carbonyl (C=O) groups is 1. The molecule has 1 unspecified atom stereocenters. The van der Waals surface area contributed by atoms with Gasteiger partial charge in [-0.25, -0.2) is 4.98 Å². The van der Waals surface area contributed by atoms with Crippen molar-refractivity contribution in [1.29, 1.82) is 0 Å². The van der Waals surface area contributed by atoms with Gasteiger partial charge < -0.3 is 15.6 Å². The first-order chi connectivity index (χ1) is 11.5. The van der Waals surface area contributed by atoms with Gasteiger partial charge in [-0.15, -0.1) is 24.8 Å². The normalized spacial score (nSPS) is 20.5. The highest BCUT2D eigenvalue weighted by Gasteiger charge is 2.27. The Bertz CT molecular complexity index is 731. The average molecular weight is 401 g/mol. The topological polar surface area (TPSA) is 72.9 Å². The monoisotopic (exact) mass is 400 g/mol. The number of halogens is 2. The van der Waals surface area contributed by atoms with Crippen molar-refractivity contribution in [3.63, 3.8) is 0 Å². The molecule has 0 bridgehead atoms. The van der Waals surface area contributed by atoms with Crippen LogP contribution in [-0.2, 0) is 4.79 Å². The van der Waals surface area contributed by atoms with E-state index in [1.165, 1.54) is 0 Å². The lowest BCUT2D eigenvalue weighted by molar-refractivity contribution is -0.122. The molecular formula is C19H30Cl2N4O. The molecule has 3 atom stereocenters. The summed E-state index contributed by atoms with van der Waals surface area (Å²) < 4.78 is 2.21. The summed E-state index contributed by atoms with van der Waals surface area (Å²) in [7, 11) is 0. The van der Waals surface area contributed by atoms with Crippen LogP contribution in [0.3, 0.4) is 0 Å². The molecule has 5 nitrogen and oxygen atoms in total. The molecule has 1 saturated carbocycles. The van der Waals surface area contributed by atoms with Crippen molar-refractivity contribution in [2.75, 3.05) is 0 Å². The van der Waals surface area contributed by atoms with Crippen molar-refractivity contribution in [3.05, 3.63) is 30.1 Å². The van der Waals surface area contributed by atoms with Gasteiger partial charge in [0.05, 0.1) is 17.1 Å².